The maximum Gasteiger partial charge on any atom is 0.406 e. The number of rotatable bonds is 4. The van der Waals surface area contributed by atoms with Crippen molar-refractivity contribution in [3.63, 3.8) is 0 Å². The molecule has 1 unspecified atom stereocenters. The van der Waals surface area contributed by atoms with Gasteiger partial charge in [0.05, 0.1) is 5.92 Å². The van der Waals surface area contributed by atoms with Gasteiger partial charge in [0, 0.05) is 25.0 Å². The van der Waals surface area contributed by atoms with Crippen molar-refractivity contribution in [2.24, 2.45) is 11.7 Å². The molecule has 0 radical (unpaired) electrons. The van der Waals surface area contributed by atoms with Crippen molar-refractivity contribution in [2.45, 2.75) is 32.0 Å². The lowest BCUT2D eigenvalue weighted by molar-refractivity contribution is -0.157. The van der Waals surface area contributed by atoms with E-state index in [4.69, 9.17) is 5.73 Å². The number of nitrogens with zero attached hydrogens (tertiary/aromatic N) is 1. The van der Waals surface area contributed by atoms with E-state index >= 15 is 0 Å². The Morgan fingerprint density at radius 2 is 2.05 bits per heavy atom. The van der Waals surface area contributed by atoms with Crippen LogP contribution < -0.4 is 11.1 Å². The van der Waals surface area contributed by atoms with Gasteiger partial charge in [0.15, 0.2) is 0 Å². The van der Waals surface area contributed by atoms with E-state index in [-0.39, 0.29) is 19.5 Å². The highest BCUT2D eigenvalue weighted by atomic mass is 19.4. The Balaban J connectivity index is 2.59. The summed E-state index contributed by atoms with van der Waals surface area (Å²) in [6.45, 7) is 2.09. The van der Waals surface area contributed by atoms with E-state index in [2.05, 4.69) is 5.32 Å². The van der Waals surface area contributed by atoms with Crippen molar-refractivity contribution < 1.29 is 22.8 Å². The Morgan fingerprint density at radius 1 is 1.47 bits per heavy atom. The number of carbonyl (C=O) groups is 2. The number of alkyl halides is 3. The van der Waals surface area contributed by atoms with E-state index in [1.54, 1.807) is 13.8 Å². The minimum atomic E-state index is -4.45. The summed E-state index contributed by atoms with van der Waals surface area (Å²) in [5.41, 5.74) is 4.81. The smallest absolute Gasteiger partial charge is 0.350 e. The van der Waals surface area contributed by atoms with Crippen molar-refractivity contribution in [1.82, 2.24) is 10.2 Å². The van der Waals surface area contributed by atoms with Crippen LogP contribution in [-0.2, 0) is 9.59 Å². The molecule has 0 aromatic carbocycles. The van der Waals surface area contributed by atoms with Crippen molar-refractivity contribution in [3.05, 3.63) is 0 Å². The molecule has 0 aromatic heterocycles. The topological polar surface area (TPSA) is 75.4 Å². The maximum atomic E-state index is 12.2. The average molecular weight is 281 g/mol. The second-order valence-corrected chi connectivity index (χ2v) is 5.37. The highest BCUT2D eigenvalue weighted by Gasteiger charge is 2.41. The fourth-order valence-corrected chi connectivity index (χ4v) is 1.80. The van der Waals surface area contributed by atoms with Gasteiger partial charge < -0.3 is 16.0 Å². The molecule has 1 aliphatic heterocycles. The molecular weight excluding hydrogens is 263 g/mol. The summed E-state index contributed by atoms with van der Waals surface area (Å²) >= 11 is 0. The minimum absolute atomic E-state index is 0.192. The monoisotopic (exact) mass is 281 g/mol. The first-order chi connectivity index (χ1) is 8.54. The molecule has 0 aliphatic carbocycles. The van der Waals surface area contributed by atoms with Crippen molar-refractivity contribution in [2.75, 3.05) is 19.6 Å². The predicted octanol–water partition coefficient (Wildman–Crippen LogP) is 0.251. The van der Waals surface area contributed by atoms with Crippen LogP contribution in [0.2, 0.25) is 0 Å². The summed E-state index contributed by atoms with van der Waals surface area (Å²) in [6, 6.07) is 0. The third kappa shape index (κ3) is 4.70. The Labute approximate surface area is 109 Å². The summed E-state index contributed by atoms with van der Waals surface area (Å²) in [7, 11) is 0. The van der Waals surface area contributed by atoms with Crippen LogP contribution in [0.15, 0.2) is 0 Å². The summed E-state index contributed by atoms with van der Waals surface area (Å²) < 4.78 is 36.7. The van der Waals surface area contributed by atoms with E-state index in [0.29, 0.717) is 4.90 Å². The molecule has 3 N–H and O–H groups in total. The van der Waals surface area contributed by atoms with Crippen LogP contribution in [0.5, 0.6) is 0 Å². The molecule has 0 bridgehead atoms. The zero-order valence-electron chi connectivity index (χ0n) is 10.9. The number of carbonyl (C=O) groups excluding carboxylic acids is 2. The maximum absolute atomic E-state index is 12.2. The predicted molar refractivity (Wildman–Crippen MR) is 62.0 cm³/mol. The molecule has 0 saturated carbocycles. The number of halogens is 3. The zero-order valence-corrected chi connectivity index (χ0v) is 10.9. The highest BCUT2D eigenvalue weighted by molar-refractivity contribution is 5.89. The number of nitrogens with one attached hydrogen (secondary N) is 1. The summed E-state index contributed by atoms with van der Waals surface area (Å²) in [5, 5.41) is 2.63. The second kappa shape index (κ2) is 5.36. The van der Waals surface area contributed by atoms with Gasteiger partial charge in [0.1, 0.15) is 6.54 Å². The average Bonchev–Trinajstić information content (AvgIpc) is 2.57. The molecule has 1 aliphatic rings. The van der Waals surface area contributed by atoms with Gasteiger partial charge >= 0.3 is 6.18 Å². The van der Waals surface area contributed by atoms with E-state index < -0.39 is 36.0 Å². The molecule has 1 atom stereocenters. The second-order valence-electron chi connectivity index (χ2n) is 5.37. The standard InChI is InChI=1S/C11H18F3N3O2/c1-10(2,5-15)16-9(19)7-3-8(18)17(4-7)6-11(12,13)14/h7H,3-6,15H2,1-2H3,(H,16,19). The van der Waals surface area contributed by atoms with E-state index in [1.165, 1.54) is 0 Å². The number of likely N-dealkylation sites (tertiary alicyclic amines) is 1. The summed E-state index contributed by atoms with van der Waals surface area (Å²) in [4.78, 5) is 23.9. The number of nitrogens with two attached hydrogens (primary N) is 1. The fourth-order valence-electron chi connectivity index (χ4n) is 1.80. The molecular formula is C11H18F3N3O2. The fraction of sp³-hybridized carbons (Fsp3) is 0.818. The van der Waals surface area contributed by atoms with Gasteiger partial charge in [-0.05, 0) is 13.8 Å². The molecule has 1 fully saturated rings. The quantitative estimate of drug-likeness (QED) is 0.775. The lowest BCUT2D eigenvalue weighted by Gasteiger charge is -2.26. The summed E-state index contributed by atoms with van der Waals surface area (Å²) in [6.07, 6.45) is -4.64. The number of hydrogen-bond acceptors (Lipinski definition) is 3. The van der Waals surface area contributed by atoms with Gasteiger partial charge in [-0.1, -0.05) is 0 Å². The SMILES string of the molecule is CC(C)(CN)NC(=O)C1CC(=O)N(CC(F)(F)F)C1. The first-order valence-corrected chi connectivity index (χ1v) is 5.91. The first kappa shape index (κ1) is 15.7. The van der Waals surface area contributed by atoms with E-state index in [9.17, 15) is 22.8 Å². The largest absolute Gasteiger partial charge is 0.406 e. The van der Waals surface area contributed by atoms with E-state index in [1.807, 2.05) is 0 Å². The third-order valence-corrected chi connectivity index (χ3v) is 2.93. The Morgan fingerprint density at radius 3 is 2.53 bits per heavy atom. The van der Waals surface area contributed by atoms with Crippen molar-refractivity contribution >= 4 is 11.8 Å². The molecule has 0 aromatic rings. The van der Waals surface area contributed by atoms with Crippen molar-refractivity contribution in [3.8, 4) is 0 Å². The molecule has 110 valence electrons. The normalized spacial score (nSPS) is 20.8. The van der Waals surface area contributed by atoms with Crippen molar-refractivity contribution in [1.29, 1.82) is 0 Å². The first-order valence-electron chi connectivity index (χ1n) is 5.91. The Bertz CT molecular complexity index is 369. The van der Waals surface area contributed by atoms with Gasteiger partial charge in [-0.2, -0.15) is 13.2 Å². The Kier molecular flexibility index (Phi) is 4.44. The molecule has 1 rings (SSSR count). The molecule has 19 heavy (non-hydrogen) atoms. The van der Waals surface area contributed by atoms with Gasteiger partial charge in [-0.25, -0.2) is 0 Å². The minimum Gasteiger partial charge on any atom is -0.350 e. The zero-order chi connectivity index (χ0) is 14.8. The molecule has 8 heteroatoms. The van der Waals surface area contributed by atoms with Gasteiger partial charge in [-0.3, -0.25) is 9.59 Å². The van der Waals surface area contributed by atoms with Crippen LogP contribution in [0.25, 0.3) is 0 Å². The van der Waals surface area contributed by atoms with Crippen LogP contribution in [0.1, 0.15) is 20.3 Å². The molecule has 0 spiro atoms. The van der Waals surface area contributed by atoms with Gasteiger partial charge in [0.2, 0.25) is 11.8 Å². The van der Waals surface area contributed by atoms with Gasteiger partial charge in [-0.15, -0.1) is 0 Å². The highest BCUT2D eigenvalue weighted by Crippen LogP contribution is 2.24. The molecule has 1 saturated heterocycles. The van der Waals surface area contributed by atoms with E-state index in [0.717, 1.165) is 0 Å². The van der Waals surface area contributed by atoms with Crippen LogP contribution in [-0.4, -0.2) is 48.1 Å². The molecule has 1 heterocycles. The van der Waals surface area contributed by atoms with Crippen LogP contribution in [0.3, 0.4) is 0 Å². The Hall–Kier alpha value is -1.31. The molecule has 5 nitrogen and oxygen atoms in total. The number of hydrogen-bond donors (Lipinski definition) is 2. The third-order valence-electron chi connectivity index (χ3n) is 2.93. The van der Waals surface area contributed by atoms with Crippen LogP contribution in [0, 0.1) is 5.92 Å². The number of amides is 2. The van der Waals surface area contributed by atoms with Crippen LogP contribution in [0.4, 0.5) is 13.2 Å². The summed E-state index contributed by atoms with van der Waals surface area (Å²) in [5.74, 6) is -1.84. The lowest BCUT2D eigenvalue weighted by atomic mass is 10.0. The molecule has 2 amide bonds. The lowest BCUT2D eigenvalue weighted by Crippen LogP contribution is -2.51. The van der Waals surface area contributed by atoms with Crippen LogP contribution >= 0.6 is 0 Å². The van der Waals surface area contributed by atoms with Gasteiger partial charge in [0.25, 0.3) is 0 Å².